The van der Waals surface area contributed by atoms with Gasteiger partial charge in [-0.15, -0.1) is 0 Å². The van der Waals surface area contributed by atoms with E-state index in [0.717, 1.165) is 29.7 Å². The van der Waals surface area contributed by atoms with Crippen LogP contribution in [0.5, 0.6) is 0 Å². The molecule has 1 fully saturated rings. The Balaban J connectivity index is 1.52. The number of benzene rings is 2. The molecule has 3 N–H and O–H groups in total. The number of amides is 3. The van der Waals surface area contributed by atoms with E-state index in [1.807, 2.05) is 44.2 Å². The highest BCUT2D eigenvalue weighted by atomic mass is 16.2. The molecule has 3 amide bonds. The summed E-state index contributed by atoms with van der Waals surface area (Å²) >= 11 is 0. The maximum Gasteiger partial charge on any atom is 0.323 e. The molecule has 0 aromatic heterocycles. The zero-order valence-electron chi connectivity index (χ0n) is 14.6. The first-order chi connectivity index (χ1) is 12.0. The molecule has 130 valence electrons. The van der Waals surface area contributed by atoms with Gasteiger partial charge in [0.25, 0.3) is 0 Å². The Labute approximate surface area is 147 Å². The standard InChI is InChI=1S/C20H23N3O2/c1-13-3-6-18(11-14(13)2)23-20(25)22-17-7-4-15(5-8-17)12-19(24)21-16-9-10-16/h3-8,11,16H,9-10,12H2,1-2H3,(H,21,24)(H2,22,23,25). The molecule has 1 aliphatic carbocycles. The second-order valence-electron chi connectivity index (χ2n) is 6.59. The van der Waals surface area contributed by atoms with Crippen LogP contribution in [0.3, 0.4) is 0 Å². The minimum absolute atomic E-state index is 0.0516. The SMILES string of the molecule is Cc1ccc(NC(=O)Nc2ccc(CC(=O)NC3CC3)cc2)cc1C. The van der Waals surface area contributed by atoms with Gasteiger partial charge >= 0.3 is 6.03 Å². The fourth-order valence-corrected chi connectivity index (χ4v) is 2.51. The van der Waals surface area contributed by atoms with Crippen molar-refractivity contribution in [2.24, 2.45) is 0 Å². The summed E-state index contributed by atoms with van der Waals surface area (Å²) in [5, 5.41) is 8.58. The number of hydrogen-bond acceptors (Lipinski definition) is 2. The van der Waals surface area contributed by atoms with Crippen LogP contribution in [0, 0.1) is 13.8 Å². The quantitative estimate of drug-likeness (QED) is 0.777. The van der Waals surface area contributed by atoms with E-state index in [1.54, 1.807) is 12.1 Å². The van der Waals surface area contributed by atoms with Crippen LogP contribution in [0.1, 0.15) is 29.5 Å². The van der Waals surface area contributed by atoms with Crippen molar-refractivity contribution in [3.63, 3.8) is 0 Å². The molecule has 5 heteroatoms. The number of hydrogen-bond donors (Lipinski definition) is 3. The summed E-state index contributed by atoms with van der Waals surface area (Å²) in [4.78, 5) is 23.9. The first-order valence-electron chi connectivity index (χ1n) is 8.53. The Morgan fingerprint density at radius 1 is 0.920 bits per heavy atom. The first kappa shape index (κ1) is 17.0. The molecule has 0 aliphatic heterocycles. The van der Waals surface area contributed by atoms with Gasteiger partial charge < -0.3 is 16.0 Å². The van der Waals surface area contributed by atoms with Gasteiger partial charge in [0, 0.05) is 17.4 Å². The van der Waals surface area contributed by atoms with Gasteiger partial charge in [-0.3, -0.25) is 4.79 Å². The number of aryl methyl sites for hydroxylation is 2. The molecule has 0 saturated heterocycles. The fraction of sp³-hybridized carbons (Fsp3) is 0.300. The minimum atomic E-state index is -0.289. The third kappa shape index (κ3) is 5.08. The van der Waals surface area contributed by atoms with Crippen molar-refractivity contribution < 1.29 is 9.59 Å². The fourth-order valence-electron chi connectivity index (χ4n) is 2.51. The third-order valence-corrected chi connectivity index (χ3v) is 4.28. The van der Waals surface area contributed by atoms with Crippen molar-refractivity contribution >= 4 is 23.3 Å². The molecular weight excluding hydrogens is 314 g/mol. The highest BCUT2D eigenvalue weighted by molar-refractivity contribution is 5.99. The lowest BCUT2D eigenvalue weighted by atomic mass is 10.1. The summed E-state index contributed by atoms with van der Waals surface area (Å²) in [7, 11) is 0. The van der Waals surface area contributed by atoms with Gasteiger partial charge in [-0.2, -0.15) is 0 Å². The number of carbonyl (C=O) groups is 2. The van der Waals surface area contributed by atoms with Crippen molar-refractivity contribution in [1.82, 2.24) is 5.32 Å². The molecule has 0 radical (unpaired) electrons. The third-order valence-electron chi connectivity index (χ3n) is 4.28. The average molecular weight is 337 g/mol. The lowest BCUT2D eigenvalue weighted by Crippen LogP contribution is -2.26. The monoisotopic (exact) mass is 337 g/mol. The maximum atomic E-state index is 12.1. The lowest BCUT2D eigenvalue weighted by molar-refractivity contribution is -0.120. The normalized spacial score (nSPS) is 13.2. The van der Waals surface area contributed by atoms with E-state index < -0.39 is 0 Å². The Hall–Kier alpha value is -2.82. The molecule has 25 heavy (non-hydrogen) atoms. The Morgan fingerprint density at radius 2 is 1.56 bits per heavy atom. The molecule has 3 rings (SSSR count). The van der Waals surface area contributed by atoms with Crippen molar-refractivity contribution in [3.8, 4) is 0 Å². The number of carbonyl (C=O) groups excluding carboxylic acids is 2. The molecule has 0 atom stereocenters. The predicted molar refractivity (Wildman–Crippen MR) is 99.9 cm³/mol. The van der Waals surface area contributed by atoms with Crippen LogP contribution in [0.15, 0.2) is 42.5 Å². The van der Waals surface area contributed by atoms with E-state index in [9.17, 15) is 9.59 Å². The number of nitrogens with one attached hydrogen (secondary N) is 3. The molecule has 1 aliphatic rings. The zero-order valence-corrected chi connectivity index (χ0v) is 14.6. The summed E-state index contributed by atoms with van der Waals surface area (Å²) < 4.78 is 0. The second kappa shape index (κ2) is 7.38. The van der Waals surface area contributed by atoms with Crippen molar-refractivity contribution in [3.05, 3.63) is 59.2 Å². The van der Waals surface area contributed by atoms with Crippen LogP contribution in [-0.2, 0) is 11.2 Å². The summed E-state index contributed by atoms with van der Waals surface area (Å²) in [5.74, 6) is 0.0516. The second-order valence-corrected chi connectivity index (χ2v) is 6.59. The molecule has 0 bridgehead atoms. The van der Waals surface area contributed by atoms with Gasteiger partial charge in [0.2, 0.25) is 5.91 Å². The van der Waals surface area contributed by atoms with Gasteiger partial charge in [0.15, 0.2) is 0 Å². The van der Waals surface area contributed by atoms with E-state index in [0.29, 0.717) is 18.2 Å². The molecule has 0 heterocycles. The van der Waals surface area contributed by atoms with Gasteiger partial charge in [0.1, 0.15) is 0 Å². The lowest BCUT2D eigenvalue weighted by Gasteiger charge is -2.10. The summed E-state index contributed by atoms with van der Waals surface area (Å²) in [6.45, 7) is 4.04. The van der Waals surface area contributed by atoms with Crippen molar-refractivity contribution in [2.75, 3.05) is 10.6 Å². The van der Waals surface area contributed by atoms with E-state index in [4.69, 9.17) is 0 Å². The molecule has 5 nitrogen and oxygen atoms in total. The van der Waals surface area contributed by atoms with Crippen LogP contribution in [0.25, 0.3) is 0 Å². The van der Waals surface area contributed by atoms with Crippen LogP contribution >= 0.6 is 0 Å². The largest absolute Gasteiger partial charge is 0.353 e. The first-order valence-corrected chi connectivity index (χ1v) is 8.53. The number of anilines is 2. The van der Waals surface area contributed by atoms with Crippen LogP contribution in [0.4, 0.5) is 16.2 Å². The van der Waals surface area contributed by atoms with Gasteiger partial charge in [-0.25, -0.2) is 4.79 Å². The van der Waals surface area contributed by atoms with E-state index in [2.05, 4.69) is 16.0 Å². The Bertz CT molecular complexity index is 780. The van der Waals surface area contributed by atoms with Crippen molar-refractivity contribution in [1.29, 1.82) is 0 Å². The molecule has 0 unspecified atom stereocenters. The number of urea groups is 1. The molecule has 1 saturated carbocycles. The highest BCUT2D eigenvalue weighted by Gasteiger charge is 2.22. The average Bonchev–Trinajstić information content (AvgIpc) is 3.36. The highest BCUT2D eigenvalue weighted by Crippen LogP contribution is 2.19. The molecule has 0 spiro atoms. The van der Waals surface area contributed by atoms with Gasteiger partial charge in [0.05, 0.1) is 6.42 Å². The van der Waals surface area contributed by atoms with E-state index in [1.165, 1.54) is 5.56 Å². The van der Waals surface area contributed by atoms with Crippen molar-refractivity contribution in [2.45, 2.75) is 39.2 Å². The van der Waals surface area contributed by atoms with Crippen LogP contribution < -0.4 is 16.0 Å². The topological polar surface area (TPSA) is 70.2 Å². The minimum Gasteiger partial charge on any atom is -0.353 e. The molecular formula is C20H23N3O2. The van der Waals surface area contributed by atoms with Crippen LogP contribution in [0.2, 0.25) is 0 Å². The van der Waals surface area contributed by atoms with Gasteiger partial charge in [-0.05, 0) is 67.6 Å². The summed E-state index contributed by atoms with van der Waals surface area (Å²) in [6, 6.07) is 13.2. The molecule has 2 aromatic carbocycles. The zero-order chi connectivity index (χ0) is 17.8. The van der Waals surface area contributed by atoms with E-state index in [-0.39, 0.29) is 11.9 Å². The molecule has 2 aromatic rings. The van der Waals surface area contributed by atoms with E-state index >= 15 is 0 Å². The summed E-state index contributed by atoms with van der Waals surface area (Å²) in [5.41, 5.74) is 4.69. The number of rotatable bonds is 5. The van der Waals surface area contributed by atoms with Gasteiger partial charge in [-0.1, -0.05) is 18.2 Å². The Morgan fingerprint density at radius 3 is 2.20 bits per heavy atom. The smallest absolute Gasteiger partial charge is 0.323 e. The Kier molecular flexibility index (Phi) is 5.03. The summed E-state index contributed by atoms with van der Waals surface area (Å²) in [6.07, 6.45) is 2.54. The maximum absolute atomic E-state index is 12.1. The predicted octanol–water partition coefficient (Wildman–Crippen LogP) is 3.77. The van der Waals surface area contributed by atoms with Crippen LogP contribution in [-0.4, -0.2) is 18.0 Å².